The number of hydrogen-bond acceptors (Lipinski definition) is 3. The van der Waals surface area contributed by atoms with Crippen LogP contribution in [-0.2, 0) is 16.2 Å². The number of amides is 1. The third-order valence-electron chi connectivity index (χ3n) is 3.19. The van der Waals surface area contributed by atoms with Crippen LogP contribution in [-0.4, -0.2) is 23.5 Å². The molecule has 2 rings (SSSR count). The zero-order valence-corrected chi connectivity index (χ0v) is 13.1. The highest BCUT2D eigenvalue weighted by Gasteiger charge is 1.99. The molecular formula is C19H19NO4. The summed E-state index contributed by atoms with van der Waals surface area (Å²) in [6.45, 7) is 0.618. The molecular weight excluding hydrogens is 306 g/mol. The van der Waals surface area contributed by atoms with E-state index in [-0.39, 0.29) is 18.9 Å². The third-order valence-corrected chi connectivity index (χ3v) is 3.19. The first kappa shape index (κ1) is 17.3. The van der Waals surface area contributed by atoms with Gasteiger partial charge in [-0.15, -0.1) is 0 Å². The third kappa shape index (κ3) is 6.36. The van der Waals surface area contributed by atoms with Gasteiger partial charge < -0.3 is 15.2 Å². The van der Waals surface area contributed by atoms with Gasteiger partial charge >= 0.3 is 5.97 Å². The number of carboxylic acids is 1. The molecule has 0 bridgehead atoms. The average Bonchev–Trinajstić information content (AvgIpc) is 2.59. The summed E-state index contributed by atoms with van der Waals surface area (Å²) in [4.78, 5) is 21.9. The van der Waals surface area contributed by atoms with Crippen molar-refractivity contribution in [2.45, 2.75) is 13.0 Å². The molecule has 2 aromatic carbocycles. The van der Waals surface area contributed by atoms with E-state index in [9.17, 15) is 9.59 Å². The molecule has 0 aromatic heterocycles. The second-order valence-electron chi connectivity index (χ2n) is 5.11. The highest BCUT2D eigenvalue weighted by atomic mass is 16.5. The average molecular weight is 325 g/mol. The van der Waals surface area contributed by atoms with E-state index in [4.69, 9.17) is 9.84 Å². The van der Waals surface area contributed by atoms with E-state index in [1.807, 2.05) is 54.6 Å². The van der Waals surface area contributed by atoms with Gasteiger partial charge in [-0.3, -0.25) is 9.59 Å². The fourth-order valence-electron chi connectivity index (χ4n) is 1.94. The summed E-state index contributed by atoms with van der Waals surface area (Å²) in [6, 6.07) is 17.3. The number of ether oxygens (including phenoxy) is 1. The molecule has 2 aromatic rings. The largest absolute Gasteiger partial charge is 0.489 e. The zero-order valence-electron chi connectivity index (χ0n) is 13.1. The van der Waals surface area contributed by atoms with Gasteiger partial charge in [0.15, 0.2) is 0 Å². The zero-order chi connectivity index (χ0) is 17.2. The smallest absolute Gasteiger partial charge is 0.305 e. The van der Waals surface area contributed by atoms with E-state index in [1.54, 1.807) is 6.08 Å². The highest BCUT2D eigenvalue weighted by molar-refractivity contribution is 5.91. The maximum absolute atomic E-state index is 11.5. The Labute approximate surface area is 140 Å². The molecule has 0 unspecified atom stereocenters. The van der Waals surface area contributed by atoms with Crippen molar-refractivity contribution in [3.63, 3.8) is 0 Å². The molecule has 2 N–H and O–H groups in total. The predicted octanol–water partition coefficient (Wildman–Crippen LogP) is 2.87. The van der Waals surface area contributed by atoms with Crippen molar-refractivity contribution in [2.75, 3.05) is 6.54 Å². The van der Waals surface area contributed by atoms with Gasteiger partial charge in [0.25, 0.3) is 0 Å². The van der Waals surface area contributed by atoms with Crippen LogP contribution in [0.2, 0.25) is 0 Å². The molecule has 0 aliphatic heterocycles. The van der Waals surface area contributed by atoms with Gasteiger partial charge in [0.1, 0.15) is 12.4 Å². The van der Waals surface area contributed by atoms with Crippen LogP contribution in [0.1, 0.15) is 17.5 Å². The van der Waals surface area contributed by atoms with Gasteiger partial charge in [-0.1, -0.05) is 42.5 Å². The van der Waals surface area contributed by atoms with Gasteiger partial charge in [0.05, 0.1) is 6.42 Å². The molecule has 0 atom stereocenters. The standard InChI is InChI=1S/C19H19NO4/c21-18(20-13-12-19(22)23)11-8-15-6-9-17(10-7-15)24-14-16-4-2-1-3-5-16/h1-11H,12-14H2,(H,20,21)(H,22,23). The van der Waals surface area contributed by atoms with E-state index in [0.717, 1.165) is 16.9 Å². The lowest BCUT2D eigenvalue weighted by molar-refractivity contribution is -0.136. The molecule has 5 heteroatoms. The van der Waals surface area contributed by atoms with Gasteiger partial charge in [0.2, 0.25) is 5.91 Å². The number of benzene rings is 2. The molecule has 0 spiro atoms. The van der Waals surface area contributed by atoms with E-state index in [0.29, 0.717) is 6.61 Å². The number of carbonyl (C=O) groups excluding carboxylic acids is 1. The summed E-state index contributed by atoms with van der Waals surface area (Å²) in [5.41, 5.74) is 1.95. The maximum atomic E-state index is 11.5. The van der Waals surface area contributed by atoms with Crippen molar-refractivity contribution in [2.24, 2.45) is 0 Å². The second kappa shape index (κ2) is 9.15. The lowest BCUT2D eigenvalue weighted by Gasteiger charge is -2.06. The second-order valence-corrected chi connectivity index (χ2v) is 5.11. The lowest BCUT2D eigenvalue weighted by atomic mass is 10.2. The van der Waals surface area contributed by atoms with E-state index >= 15 is 0 Å². The Kier molecular flexibility index (Phi) is 6.58. The number of rotatable bonds is 8. The molecule has 24 heavy (non-hydrogen) atoms. The quantitative estimate of drug-likeness (QED) is 0.732. The summed E-state index contributed by atoms with van der Waals surface area (Å²) in [7, 11) is 0. The number of aliphatic carboxylic acids is 1. The van der Waals surface area contributed by atoms with E-state index < -0.39 is 5.97 Å². The molecule has 0 aliphatic carbocycles. The normalized spacial score (nSPS) is 10.5. The Morgan fingerprint density at radius 3 is 2.42 bits per heavy atom. The molecule has 0 aliphatic rings. The summed E-state index contributed by atoms with van der Waals surface area (Å²) >= 11 is 0. The minimum Gasteiger partial charge on any atom is -0.489 e. The van der Waals surface area contributed by atoms with Crippen LogP contribution in [0.25, 0.3) is 6.08 Å². The summed E-state index contributed by atoms with van der Waals surface area (Å²) in [5, 5.41) is 11.0. The van der Waals surface area contributed by atoms with Crippen molar-refractivity contribution >= 4 is 18.0 Å². The molecule has 0 radical (unpaired) electrons. The lowest BCUT2D eigenvalue weighted by Crippen LogP contribution is -2.23. The summed E-state index contributed by atoms with van der Waals surface area (Å²) in [6.07, 6.45) is 2.95. The van der Waals surface area contributed by atoms with Crippen molar-refractivity contribution in [1.29, 1.82) is 0 Å². The maximum Gasteiger partial charge on any atom is 0.305 e. The molecule has 0 fully saturated rings. The van der Waals surface area contributed by atoms with Crippen molar-refractivity contribution in [3.05, 3.63) is 71.8 Å². The molecule has 124 valence electrons. The summed E-state index contributed by atoms with van der Waals surface area (Å²) in [5.74, 6) is -0.507. The topological polar surface area (TPSA) is 75.6 Å². The van der Waals surface area contributed by atoms with Gasteiger partial charge in [-0.05, 0) is 29.3 Å². The SMILES string of the molecule is O=C(O)CCNC(=O)C=Cc1ccc(OCc2ccccc2)cc1. The van der Waals surface area contributed by atoms with Crippen molar-refractivity contribution in [3.8, 4) is 5.75 Å². The molecule has 5 nitrogen and oxygen atoms in total. The van der Waals surface area contributed by atoms with Crippen molar-refractivity contribution in [1.82, 2.24) is 5.32 Å². The van der Waals surface area contributed by atoms with E-state index in [1.165, 1.54) is 6.08 Å². The van der Waals surface area contributed by atoms with Gasteiger partial charge in [0, 0.05) is 12.6 Å². The number of hydrogen-bond donors (Lipinski definition) is 2. The van der Waals surface area contributed by atoms with Crippen LogP contribution in [0.3, 0.4) is 0 Å². The molecule has 0 saturated heterocycles. The molecule has 0 heterocycles. The highest BCUT2D eigenvalue weighted by Crippen LogP contribution is 2.15. The monoisotopic (exact) mass is 325 g/mol. The minimum absolute atomic E-state index is 0.0902. The fraction of sp³-hybridized carbons (Fsp3) is 0.158. The molecule has 0 saturated carbocycles. The number of carboxylic acid groups (broad SMARTS) is 1. The minimum atomic E-state index is -0.939. The van der Waals surface area contributed by atoms with Crippen LogP contribution < -0.4 is 10.1 Å². The number of carbonyl (C=O) groups is 2. The van der Waals surface area contributed by atoms with E-state index in [2.05, 4.69) is 5.32 Å². The van der Waals surface area contributed by atoms with Crippen LogP contribution >= 0.6 is 0 Å². The Bertz CT molecular complexity index is 693. The summed E-state index contributed by atoms with van der Waals surface area (Å²) < 4.78 is 5.69. The Morgan fingerprint density at radius 1 is 1.04 bits per heavy atom. The Balaban J connectivity index is 1.80. The van der Waals surface area contributed by atoms with Crippen LogP contribution in [0.15, 0.2) is 60.7 Å². The van der Waals surface area contributed by atoms with Crippen LogP contribution in [0.4, 0.5) is 0 Å². The first-order valence-electron chi connectivity index (χ1n) is 7.58. The fourth-order valence-corrected chi connectivity index (χ4v) is 1.94. The van der Waals surface area contributed by atoms with Crippen LogP contribution in [0.5, 0.6) is 5.75 Å². The Hall–Kier alpha value is -3.08. The van der Waals surface area contributed by atoms with Crippen LogP contribution in [0, 0.1) is 0 Å². The predicted molar refractivity (Wildman–Crippen MR) is 91.5 cm³/mol. The first-order valence-corrected chi connectivity index (χ1v) is 7.58. The first-order chi connectivity index (χ1) is 11.6. The van der Waals surface area contributed by atoms with Gasteiger partial charge in [-0.25, -0.2) is 0 Å². The van der Waals surface area contributed by atoms with Crippen molar-refractivity contribution < 1.29 is 19.4 Å². The molecule has 1 amide bonds. The Morgan fingerprint density at radius 2 is 1.75 bits per heavy atom. The number of nitrogens with one attached hydrogen (secondary N) is 1. The van der Waals surface area contributed by atoms with Gasteiger partial charge in [-0.2, -0.15) is 0 Å².